The van der Waals surface area contributed by atoms with Gasteiger partial charge in [0.05, 0.1) is 6.20 Å². The minimum atomic E-state index is -0.0614. The number of amides is 1. The first-order chi connectivity index (χ1) is 9.67. The summed E-state index contributed by atoms with van der Waals surface area (Å²) < 4.78 is 3.62. The fourth-order valence-corrected chi connectivity index (χ4v) is 2.28. The van der Waals surface area contributed by atoms with E-state index in [9.17, 15) is 4.79 Å². The summed E-state index contributed by atoms with van der Waals surface area (Å²) in [6.07, 6.45) is 7.60. The standard InChI is InChI=1S/C15H22N4O/c1-4-12(5-2)10-16-14(20)13-11-17-18(3)15(13)19-8-6-7-9-19/h6-9,11-12H,4-5,10H2,1-3H3,(H,16,20). The fourth-order valence-electron chi connectivity index (χ4n) is 2.28. The molecule has 1 amide bonds. The molecule has 2 aromatic rings. The van der Waals surface area contributed by atoms with Crippen molar-refractivity contribution < 1.29 is 4.79 Å². The number of rotatable bonds is 6. The molecule has 0 saturated carbocycles. The molecule has 0 spiro atoms. The van der Waals surface area contributed by atoms with Crippen LogP contribution in [0.5, 0.6) is 0 Å². The number of aryl methyl sites for hydroxylation is 1. The molecule has 2 heterocycles. The van der Waals surface area contributed by atoms with Crippen LogP contribution in [0.3, 0.4) is 0 Å². The van der Waals surface area contributed by atoms with Crippen LogP contribution in [0.25, 0.3) is 5.82 Å². The predicted octanol–water partition coefficient (Wildman–Crippen LogP) is 2.38. The summed E-state index contributed by atoms with van der Waals surface area (Å²) in [5.41, 5.74) is 0.606. The second-order valence-electron chi connectivity index (χ2n) is 4.99. The van der Waals surface area contributed by atoms with Gasteiger partial charge in [-0.2, -0.15) is 5.10 Å². The molecule has 0 aliphatic rings. The van der Waals surface area contributed by atoms with Gasteiger partial charge >= 0.3 is 0 Å². The molecule has 5 heteroatoms. The van der Waals surface area contributed by atoms with E-state index in [0.29, 0.717) is 18.0 Å². The van der Waals surface area contributed by atoms with Crippen molar-refractivity contribution in [2.45, 2.75) is 26.7 Å². The van der Waals surface area contributed by atoms with E-state index in [4.69, 9.17) is 0 Å². The molecule has 0 saturated heterocycles. The van der Waals surface area contributed by atoms with E-state index in [-0.39, 0.29) is 5.91 Å². The number of nitrogens with zero attached hydrogens (tertiary/aromatic N) is 3. The highest BCUT2D eigenvalue weighted by molar-refractivity contribution is 5.97. The molecule has 2 rings (SSSR count). The van der Waals surface area contributed by atoms with E-state index in [2.05, 4.69) is 24.3 Å². The Bertz CT molecular complexity index is 552. The van der Waals surface area contributed by atoms with Gasteiger partial charge in [0.1, 0.15) is 11.4 Å². The van der Waals surface area contributed by atoms with Crippen molar-refractivity contribution in [1.82, 2.24) is 19.7 Å². The number of aromatic nitrogens is 3. The lowest BCUT2D eigenvalue weighted by molar-refractivity contribution is 0.0946. The van der Waals surface area contributed by atoms with Crippen LogP contribution in [0.1, 0.15) is 37.0 Å². The summed E-state index contributed by atoms with van der Waals surface area (Å²) in [5.74, 6) is 1.26. The largest absolute Gasteiger partial charge is 0.352 e. The van der Waals surface area contributed by atoms with Gasteiger partial charge in [-0.05, 0) is 18.1 Å². The van der Waals surface area contributed by atoms with E-state index >= 15 is 0 Å². The minimum absolute atomic E-state index is 0.0614. The molecule has 0 aliphatic heterocycles. The topological polar surface area (TPSA) is 51.9 Å². The van der Waals surface area contributed by atoms with Crippen LogP contribution in [-0.2, 0) is 7.05 Å². The highest BCUT2D eigenvalue weighted by atomic mass is 16.1. The molecule has 1 N–H and O–H groups in total. The molecule has 0 unspecified atom stereocenters. The van der Waals surface area contributed by atoms with Crippen molar-refractivity contribution in [3.63, 3.8) is 0 Å². The Morgan fingerprint density at radius 3 is 2.55 bits per heavy atom. The molecule has 0 aliphatic carbocycles. The smallest absolute Gasteiger partial charge is 0.256 e. The van der Waals surface area contributed by atoms with Gasteiger partial charge in [-0.15, -0.1) is 0 Å². The predicted molar refractivity (Wildman–Crippen MR) is 78.9 cm³/mol. The van der Waals surface area contributed by atoms with Crippen LogP contribution in [0.4, 0.5) is 0 Å². The maximum Gasteiger partial charge on any atom is 0.256 e. The van der Waals surface area contributed by atoms with E-state index in [1.807, 2.05) is 36.1 Å². The monoisotopic (exact) mass is 274 g/mol. The zero-order chi connectivity index (χ0) is 14.5. The van der Waals surface area contributed by atoms with E-state index < -0.39 is 0 Å². The minimum Gasteiger partial charge on any atom is -0.352 e. The van der Waals surface area contributed by atoms with Crippen LogP contribution >= 0.6 is 0 Å². The van der Waals surface area contributed by atoms with Crippen LogP contribution in [-0.4, -0.2) is 26.8 Å². The molecule has 0 atom stereocenters. The van der Waals surface area contributed by atoms with Crippen molar-refractivity contribution in [3.05, 3.63) is 36.3 Å². The lowest BCUT2D eigenvalue weighted by atomic mass is 10.0. The second kappa shape index (κ2) is 6.41. The summed E-state index contributed by atoms with van der Waals surface area (Å²) in [6, 6.07) is 3.86. The number of hydrogen-bond acceptors (Lipinski definition) is 2. The van der Waals surface area contributed by atoms with Gasteiger partial charge in [-0.1, -0.05) is 26.7 Å². The van der Waals surface area contributed by atoms with Crippen molar-refractivity contribution >= 4 is 5.91 Å². The van der Waals surface area contributed by atoms with Gasteiger partial charge in [-0.25, -0.2) is 0 Å². The van der Waals surface area contributed by atoms with Gasteiger partial charge < -0.3 is 9.88 Å². The van der Waals surface area contributed by atoms with Gasteiger partial charge in [0.15, 0.2) is 0 Å². The van der Waals surface area contributed by atoms with Crippen molar-refractivity contribution in [3.8, 4) is 5.82 Å². The van der Waals surface area contributed by atoms with Gasteiger partial charge in [0, 0.05) is 26.0 Å². The second-order valence-corrected chi connectivity index (χ2v) is 4.99. The Morgan fingerprint density at radius 1 is 1.30 bits per heavy atom. The first-order valence-corrected chi connectivity index (χ1v) is 7.10. The third kappa shape index (κ3) is 2.92. The van der Waals surface area contributed by atoms with Gasteiger partial charge in [0.25, 0.3) is 5.91 Å². The molecule has 0 fully saturated rings. The van der Waals surface area contributed by atoms with Crippen molar-refractivity contribution in [2.75, 3.05) is 6.54 Å². The number of carbonyl (C=O) groups is 1. The first-order valence-electron chi connectivity index (χ1n) is 7.10. The molecule has 2 aromatic heterocycles. The van der Waals surface area contributed by atoms with Crippen molar-refractivity contribution in [2.24, 2.45) is 13.0 Å². The summed E-state index contributed by atoms with van der Waals surface area (Å²) in [5, 5.41) is 7.21. The molecule has 0 radical (unpaired) electrons. The highest BCUT2D eigenvalue weighted by Gasteiger charge is 2.17. The lowest BCUT2D eigenvalue weighted by Crippen LogP contribution is -2.29. The molecule has 0 aromatic carbocycles. The Hall–Kier alpha value is -2.04. The lowest BCUT2D eigenvalue weighted by Gasteiger charge is -2.13. The first kappa shape index (κ1) is 14.4. The maximum absolute atomic E-state index is 12.3. The zero-order valence-corrected chi connectivity index (χ0v) is 12.3. The average molecular weight is 274 g/mol. The molecular formula is C15H22N4O. The van der Waals surface area contributed by atoms with Gasteiger partial charge in [-0.3, -0.25) is 9.48 Å². The Labute approximate surface area is 119 Å². The van der Waals surface area contributed by atoms with Crippen LogP contribution in [0.2, 0.25) is 0 Å². The van der Waals surface area contributed by atoms with Crippen LogP contribution in [0.15, 0.2) is 30.7 Å². The number of nitrogens with one attached hydrogen (secondary N) is 1. The molecule has 0 bridgehead atoms. The van der Waals surface area contributed by atoms with E-state index in [1.54, 1.807) is 10.9 Å². The molecular weight excluding hydrogens is 252 g/mol. The highest BCUT2D eigenvalue weighted by Crippen LogP contribution is 2.14. The quantitative estimate of drug-likeness (QED) is 0.879. The zero-order valence-electron chi connectivity index (χ0n) is 12.3. The van der Waals surface area contributed by atoms with Gasteiger partial charge in [0.2, 0.25) is 0 Å². The van der Waals surface area contributed by atoms with Crippen molar-refractivity contribution in [1.29, 1.82) is 0 Å². The normalized spacial score (nSPS) is 11.0. The van der Waals surface area contributed by atoms with Crippen LogP contribution < -0.4 is 5.32 Å². The SMILES string of the molecule is CCC(CC)CNC(=O)c1cnn(C)c1-n1cccc1. The Morgan fingerprint density at radius 2 is 1.95 bits per heavy atom. The third-order valence-corrected chi connectivity index (χ3v) is 3.71. The summed E-state index contributed by atoms with van der Waals surface area (Å²) >= 11 is 0. The average Bonchev–Trinajstić information content (AvgIpc) is 3.08. The molecule has 5 nitrogen and oxygen atoms in total. The number of carbonyl (C=O) groups excluding carboxylic acids is 1. The maximum atomic E-state index is 12.3. The summed E-state index contributed by atoms with van der Waals surface area (Å²) in [7, 11) is 1.84. The third-order valence-electron chi connectivity index (χ3n) is 3.71. The van der Waals surface area contributed by atoms with Crippen LogP contribution in [0, 0.1) is 5.92 Å². The number of hydrogen-bond donors (Lipinski definition) is 1. The summed E-state index contributed by atoms with van der Waals surface area (Å²) in [6.45, 7) is 5.01. The van der Waals surface area contributed by atoms with E-state index in [0.717, 1.165) is 18.7 Å². The Kier molecular flexibility index (Phi) is 4.61. The molecule has 108 valence electrons. The summed E-state index contributed by atoms with van der Waals surface area (Å²) in [4.78, 5) is 12.3. The molecule has 20 heavy (non-hydrogen) atoms. The fraction of sp³-hybridized carbons (Fsp3) is 0.467. The van der Waals surface area contributed by atoms with E-state index in [1.165, 1.54) is 0 Å². The Balaban J connectivity index is 2.15.